The Bertz CT molecular complexity index is 979. The van der Waals surface area contributed by atoms with Gasteiger partial charge in [0.2, 0.25) is 5.91 Å². The zero-order valence-corrected chi connectivity index (χ0v) is 13.9. The average Bonchev–Trinajstić information content (AvgIpc) is 3.05. The molecular formula is C21H16FNO3. The van der Waals surface area contributed by atoms with Crippen LogP contribution in [0, 0.1) is 11.7 Å². The highest BCUT2D eigenvalue weighted by atomic mass is 19.1. The van der Waals surface area contributed by atoms with Crippen LogP contribution in [0.2, 0.25) is 0 Å². The molecule has 0 bridgehead atoms. The number of esters is 1. The Kier molecular flexibility index (Phi) is 4.13. The van der Waals surface area contributed by atoms with Crippen LogP contribution in [-0.2, 0) is 9.59 Å². The molecule has 0 radical (unpaired) electrons. The number of amides is 1. The molecule has 0 saturated carbocycles. The fraction of sp³-hybridized carbons (Fsp3) is 0.143. The monoisotopic (exact) mass is 349 g/mol. The number of anilines is 1. The van der Waals surface area contributed by atoms with Crippen molar-refractivity contribution in [2.75, 3.05) is 11.4 Å². The first-order valence-corrected chi connectivity index (χ1v) is 8.37. The molecule has 1 amide bonds. The maximum Gasteiger partial charge on any atom is 0.316 e. The maximum absolute atomic E-state index is 13.0. The lowest BCUT2D eigenvalue weighted by atomic mass is 10.1. The minimum atomic E-state index is -0.550. The van der Waals surface area contributed by atoms with E-state index in [1.165, 1.54) is 24.3 Å². The van der Waals surface area contributed by atoms with E-state index in [0.717, 1.165) is 16.5 Å². The van der Waals surface area contributed by atoms with Gasteiger partial charge in [-0.2, -0.15) is 0 Å². The molecule has 5 heteroatoms. The summed E-state index contributed by atoms with van der Waals surface area (Å²) in [6.07, 6.45) is 0.100. The molecule has 3 aromatic carbocycles. The molecule has 0 aliphatic carbocycles. The van der Waals surface area contributed by atoms with E-state index < -0.39 is 17.7 Å². The molecule has 0 spiro atoms. The number of hydrogen-bond acceptors (Lipinski definition) is 3. The first-order valence-electron chi connectivity index (χ1n) is 8.37. The Morgan fingerprint density at radius 1 is 1.00 bits per heavy atom. The fourth-order valence-electron chi connectivity index (χ4n) is 3.24. The molecule has 26 heavy (non-hydrogen) atoms. The van der Waals surface area contributed by atoms with Gasteiger partial charge in [0.15, 0.2) is 0 Å². The summed E-state index contributed by atoms with van der Waals surface area (Å²) in [5.41, 5.74) is 0.796. The number of hydrogen-bond donors (Lipinski definition) is 0. The van der Waals surface area contributed by atoms with Crippen molar-refractivity contribution in [3.05, 3.63) is 72.5 Å². The van der Waals surface area contributed by atoms with Crippen molar-refractivity contribution in [2.45, 2.75) is 6.42 Å². The zero-order chi connectivity index (χ0) is 18.1. The summed E-state index contributed by atoms with van der Waals surface area (Å²) in [6.45, 7) is 0.271. The van der Waals surface area contributed by atoms with Crippen LogP contribution in [0.5, 0.6) is 5.75 Å². The van der Waals surface area contributed by atoms with Gasteiger partial charge < -0.3 is 9.64 Å². The molecule has 0 N–H and O–H groups in total. The van der Waals surface area contributed by atoms with Crippen molar-refractivity contribution < 1.29 is 18.7 Å². The molecule has 3 aromatic rings. The Balaban J connectivity index is 1.55. The summed E-state index contributed by atoms with van der Waals surface area (Å²) in [4.78, 5) is 26.5. The predicted molar refractivity (Wildman–Crippen MR) is 96.4 cm³/mol. The van der Waals surface area contributed by atoms with Crippen LogP contribution in [0.3, 0.4) is 0 Å². The van der Waals surface area contributed by atoms with Gasteiger partial charge in [-0.25, -0.2) is 4.39 Å². The van der Waals surface area contributed by atoms with E-state index in [2.05, 4.69) is 0 Å². The van der Waals surface area contributed by atoms with E-state index in [1.54, 1.807) is 4.90 Å². The number of fused-ring (bicyclic) bond motifs is 1. The summed E-state index contributed by atoms with van der Waals surface area (Å²) in [7, 11) is 0. The smallest absolute Gasteiger partial charge is 0.316 e. The lowest BCUT2D eigenvalue weighted by Gasteiger charge is -2.18. The highest BCUT2D eigenvalue weighted by Gasteiger charge is 2.36. The molecule has 1 heterocycles. The number of benzene rings is 3. The van der Waals surface area contributed by atoms with Gasteiger partial charge in [0.1, 0.15) is 11.6 Å². The first-order chi connectivity index (χ1) is 12.6. The third kappa shape index (κ3) is 3.04. The number of halogens is 1. The van der Waals surface area contributed by atoms with Crippen molar-refractivity contribution in [2.24, 2.45) is 5.92 Å². The van der Waals surface area contributed by atoms with Crippen LogP contribution >= 0.6 is 0 Å². The first kappa shape index (κ1) is 16.3. The minimum absolute atomic E-state index is 0.100. The molecule has 0 unspecified atom stereocenters. The van der Waals surface area contributed by atoms with Crippen molar-refractivity contribution in [3.8, 4) is 5.75 Å². The van der Waals surface area contributed by atoms with Gasteiger partial charge in [0, 0.05) is 18.4 Å². The van der Waals surface area contributed by atoms with Gasteiger partial charge in [0.05, 0.1) is 11.6 Å². The Hall–Kier alpha value is -3.21. The highest BCUT2D eigenvalue weighted by Crippen LogP contribution is 2.32. The Labute approximate surface area is 149 Å². The largest absolute Gasteiger partial charge is 0.426 e. The van der Waals surface area contributed by atoms with E-state index in [1.807, 2.05) is 42.5 Å². The van der Waals surface area contributed by atoms with Gasteiger partial charge in [-0.1, -0.05) is 36.4 Å². The van der Waals surface area contributed by atoms with Crippen LogP contribution in [0.25, 0.3) is 10.8 Å². The lowest BCUT2D eigenvalue weighted by Crippen LogP contribution is -2.27. The fourth-order valence-corrected chi connectivity index (χ4v) is 3.24. The topological polar surface area (TPSA) is 46.6 Å². The van der Waals surface area contributed by atoms with Crippen LogP contribution in [0.1, 0.15) is 6.42 Å². The molecule has 1 aliphatic heterocycles. The van der Waals surface area contributed by atoms with Gasteiger partial charge in [-0.15, -0.1) is 0 Å². The average molecular weight is 349 g/mol. The third-order valence-electron chi connectivity index (χ3n) is 4.55. The number of carbonyl (C=O) groups is 2. The minimum Gasteiger partial charge on any atom is -0.426 e. The lowest BCUT2D eigenvalue weighted by molar-refractivity contribution is -0.139. The van der Waals surface area contributed by atoms with Crippen LogP contribution in [0.4, 0.5) is 10.1 Å². The van der Waals surface area contributed by atoms with Crippen molar-refractivity contribution in [3.63, 3.8) is 0 Å². The van der Waals surface area contributed by atoms with E-state index in [-0.39, 0.29) is 24.6 Å². The summed E-state index contributed by atoms with van der Waals surface area (Å²) in [6, 6.07) is 18.8. The maximum atomic E-state index is 13.0. The normalized spacial score (nSPS) is 16.9. The van der Waals surface area contributed by atoms with Gasteiger partial charge in [-0.3, -0.25) is 9.59 Å². The van der Waals surface area contributed by atoms with Crippen molar-refractivity contribution in [1.82, 2.24) is 0 Å². The number of rotatable bonds is 3. The molecule has 130 valence electrons. The third-order valence-corrected chi connectivity index (χ3v) is 4.55. The van der Waals surface area contributed by atoms with Gasteiger partial charge >= 0.3 is 5.97 Å². The van der Waals surface area contributed by atoms with Crippen LogP contribution in [-0.4, -0.2) is 18.4 Å². The van der Waals surface area contributed by atoms with Crippen LogP contribution in [0.15, 0.2) is 66.7 Å². The Morgan fingerprint density at radius 3 is 2.54 bits per heavy atom. The summed E-state index contributed by atoms with van der Waals surface area (Å²) in [5, 5.41) is 2.01. The Morgan fingerprint density at radius 2 is 1.73 bits per heavy atom. The summed E-state index contributed by atoms with van der Waals surface area (Å²) in [5.74, 6) is -1.27. The number of ether oxygens (including phenoxy) is 1. The molecule has 0 aromatic heterocycles. The van der Waals surface area contributed by atoms with Gasteiger partial charge in [0.25, 0.3) is 0 Å². The predicted octanol–water partition coefficient (Wildman–Crippen LogP) is 3.94. The second kappa shape index (κ2) is 6.59. The van der Waals surface area contributed by atoms with E-state index in [9.17, 15) is 14.0 Å². The second-order valence-corrected chi connectivity index (χ2v) is 6.28. The SMILES string of the molecule is O=C(Oc1ccc(F)cc1)[C@@H]1CC(=O)N(c2cccc3ccccc23)C1. The van der Waals surface area contributed by atoms with E-state index in [4.69, 9.17) is 4.74 Å². The molecule has 4 nitrogen and oxygen atoms in total. The van der Waals surface area contributed by atoms with Crippen LogP contribution < -0.4 is 9.64 Å². The summed E-state index contributed by atoms with van der Waals surface area (Å²) < 4.78 is 18.2. The molecule has 1 atom stereocenters. The quantitative estimate of drug-likeness (QED) is 0.532. The standard InChI is InChI=1S/C21H16FNO3/c22-16-8-10-17(11-9-16)26-21(25)15-12-20(24)23(13-15)19-7-3-5-14-4-1-2-6-18(14)19/h1-11,15H,12-13H2/t15-/m1/s1. The molecule has 1 saturated heterocycles. The second-order valence-electron chi connectivity index (χ2n) is 6.28. The number of carbonyl (C=O) groups excluding carboxylic acids is 2. The number of nitrogens with zero attached hydrogens (tertiary/aromatic N) is 1. The van der Waals surface area contributed by atoms with E-state index >= 15 is 0 Å². The van der Waals surface area contributed by atoms with Gasteiger partial charge in [-0.05, 0) is 35.7 Å². The molecule has 4 rings (SSSR count). The molecular weight excluding hydrogens is 333 g/mol. The highest BCUT2D eigenvalue weighted by molar-refractivity contribution is 6.06. The van der Waals surface area contributed by atoms with Crippen molar-refractivity contribution in [1.29, 1.82) is 0 Å². The van der Waals surface area contributed by atoms with Crippen molar-refractivity contribution >= 4 is 28.3 Å². The zero-order valence-electron chi connectivity index (χ0n) is 13.9. The summed E-state index contributed by atoms with van der Waals surface area (Å²) >= 11 is 0. The molecule has 1 fully saturated rings. The van der Waals surface area contributed by atoms with E-state index in [0.29, 0.717) is 0 Å². The molecule has 1 aliphatic rings.